The van der Waals surface area contributed by atoms with E-state index in [1.807, 2.05) is 0 Å². The fourth-order valence-corrected chi connectivity index (χ4v) is 3.23. The molecule has 2 aromatic heterocycles. The number of ether oxygens (including phenoxy) is 1. The normalized spacial score (nSPS) is 16.9. The second kappa shape index (κ2) is 4.31. The summed E-state index contributed by atoms with van der Waals surface area (Å²) in [5.41, 5.74) is 0. The number of morpholine rings is 1. The van der Waals surface area contributed by atoms with Crippen LogP contribution in [0.3, 0.4) is 0 Å². The quantitative estimate of drug-likeness (QED) is 0.757. The Hall–Kier alpha value is -0.650. The van der Waals surface area contributed by atoms with Gasteiger partial charge in [-0.2, -0.15) is 0 Å². The van der Waals surface area contributed by atoms with Crippen LogP contribution in [0.4, 0.5) is 5.82 Å². The zero-order chi connectivity index (χ0) is 11.0. The largest absolute Gasteiger partial charge is 0.378 e. The molecule has 0 unspecified atom stereocenters. The van der Waals surface area contributed by atoms with Gasteiger partial charge in [0.2, 0.25) is 0 Å². The summed E-state index contributed by atoms with van der Waals surface area (Å²) in [5.74, 6) is 1.09. The zero-order valence-corrected chi connectivity index (χ0v) is 11.1. The smallest absolute Gasteiger partial charge is 0.148 e. The molecule has 1 saturated heterocycles. The molecule has 0 bridgehead atoms. The Morgan fingerprint density at radius 2 is 2.19 bits per heavy atom. The summed E-state index contributed by atoms with van der Waals surface area (Å²) >= 11 is 5.22. The van der Waals surface area contributed by atoms with Gasteiger partial charge in [0, 0.05) is 13.1 Å². The van der Waals surface area contributed by atoms with Crippen LogP contribution in [0.1, 0.15) is 0 Å². The first kappa shape index (κ1) is 10.5. The summed E-state index contributed by atoms with van der Waals surface area (Å²) in [5, 5.41) is 3.37. The lowest BCUT2D eigenvalue weighted by Gasteiger charge is -2.28. The molecule has 84 valence electrons. The molecule has 5 heteroatoms. The van der Waals surface area contributed by atoms with Crippen molar-refractivity contribution < 1.29 is 4.74 Å². The molecule has 0 saturated carbocycles. The van der Waals surface area contributed by atoms with Crippen LogP contribution in [-0.4, -0.2) is 31.3 Å². The topological polar surface area (TPSA) is 25.4 Å². The number of halogens is 1. The lowest BCUT2D eigenvalue weighted by Crippen LogP contribution is -2.36. The monoisotopic (exact) mass is 298 g/mol. The van der Waals surface area contributed by atoms with Crippen LogP contribution in [0.25, 0.3) is 10.1 Å². The molecule has 2 aromatic rings. The van der Waals surface area contributed by atoms with Crippen molar-refractivity contribution in [2.24, 2.45) is 0 Å². The van der Waals surface area contributed by atoms with Crippen LogP contribution in [0.5, 0.6) is 0 Å². The van der Waals surface area contributed by atoms with E-state index in [2.05, 4.69) is 43.3 Å². The maximum absolute atomic E-state index is 5.37. The van der Waals surface area contributed by atoms with Crippen LogP contribution < -0.4 is 4.90 Å². The van der Waals surface area contributed by atoms with Gasteiger partial charge in [0.15, 0.2) is 0 Å². The number of rotatable bonds is 1. The van der Waals surface area contributed by atoms with E-state index >= 15 is 0 Å². The minimum atomic E-state index is 0.793. The molecule has 0 radical (unpaired) electrons. The summed E-state index contributed by atoms with van der Waals surface area (Å²) < 4.78 is 7.54. The summed E-state index contributed by atoms with van der Waals surface area (Å²) in [7, 11) is 0. The molecule has 1 aliphatic heterocycles. The van der Waals surface area contributed by atoms with E-state index in [9.17, 15) is 0 Å². The van der Waals surface area contributed by atoms with E-state index in [1.165, 1.54) is 10.1 Å². The molecule has 0 aromatic carbocycles. The van der Waals surface area contributed by atoms with E-state index < -0.39 is 0 Å². The van der Waals surface area contributed by atoms with Gasteiger partial charge in [-0.05, 0) is 38.8 Å². The molecule has 0 spiro atoms. The molecule has 0 aliphatic carbocycles. The van der Waals surface area contributed by atoms with Gasteiger partial charge < -0.3 is 9.64 Å². The van der Waals surface area contributed by atoms with Crippen molar-refractivity contribution in [2.45, 2.75) is 0 Å². The second-order valence-corrected chi connectivity index (χ2v) is 5.44. The van der Waals surface area contributed by atoms with Crippen LogP contribution in [-0.2, 0) is 4.74 Å². The van der Waals surface area contributed by atoms with Crippen LogP contribution in [0.2, 0.25) is 0 Å². The SMILES string of the molecule is Brc1cc2ccsc2c(N2CCOCC2)n1. The summed E-state index contributed by atoms with van der Waals surface area (Å²) in [6, 6.07) is 4.20. The molecule has 3 rings (SSSR count). The molecule has 0 atom stereocenters. The third kappa shape index (κ3) is 1.83. The average molecular weight is 299 g/mol. The van der Waals surface area contributed by atoms with Crippen LogP contribution in [0, 0.1) is 0 Å². The highest BCUT2D eigenvalue weighted by Gasteiger charge is 2.16. The first-order valence-electron chi connectivity index (χ1n) is 5.21. The van der Waals surface area contributed by atoms with Crippen molar-refractivity contribution in [1.29, 1.82) is 0 Å². The highest BCUT2D eigenvalue weighted by molar-refractivity contribution is 9.10. The molecule has 0 amide bonds. The maximum Gasteiger partial charge on any atom is 0.148 e. The first-order valence-corrected chi connectivity index (χ1v) is 6.88. The highest BCUT2D eigenvalue weighted by Crippen LogP contribution is 2.32. The predicted octanol–water partition coefficient (Wildman–Crippen LogP) is 2.90. The van der Waals surface area contributed by atoms with Gasteiger partial charge in [-0.3, -0.25) is 0 Å². The van der Waals surface area contributed by atoms with Crippen molar-refractivity contribution >= 4 is 43.2 Å². The molecule has 0 N–H and O–H groups in total. The number of thiophene rings is 1. The highest BCUT2D eigenvalue weighted by atomic mass is 79.9. The lowest BCUT2D eigenvalue weighted by molar-refractivity contribution is 0.122. The van der Waals surface area contributed by atoms with E-state index in [0.717, 1.165) is 36.7 Å². The Morgan fingerprint density at radius 1 is 1.38 bits per heavy atom. The summed E-state index contributed by atoms with van der Waals surface area (Å²) in [6.07, 6.45) is 0. The molecule has 3 nitrogen and oxygen atoms in total. The van der Waals surface area contributed by atoms with Crippen molar-refractivity contribution in [3.8, 4) is 0 Å². The Kier molecular flexibility index (Phi) is 2.83. The number of nitrogens with zero attached hydrogens (tertiary/aromatic N) is 2. The Bertz CT molecular complexity index is 508. The molecular weight excluding hydrogens is 288 g/mol. The molecular formula is C11H11BrN2OS. The number of hydrogen-bond donors (Lipinski definition) is 0. The lowest BCUT2D eigenvalue weighted by atomic mass is 10.3. The average Bonchev–Trinajstić information content (AvgIpc) is 2.77. The summed E-state index contributed by atoms with van der Waals surface area (Å²) in [4.78, 5) is 6.89. The number of aromatic nitrogens is 1. The number of fused-ring (bicyclic) bond motifs is 1. The van der Waals surface area contributed by atoms with E-state index in [1.54, 1.807) is 11.3 Å². The zero-order valence-electron chi connectivity index (χ0n) is 8.65. The van der Waals surface area contributed by atoms with Crippen molar-refractivity contribution in [1.82, 2.24) is 4.98 Å². The fraction of sp³-hybridized carbons (Fsp3) is 0.364. The van der Waals surface area contributed by atoms with E-state index in [4.69, 9.17) is 4.74 Å². The van der Waals surface area contributed by atoms with Crippen LogP contribution >= 0.6 is 27.3 Å². The van der Waals surface area contributed by atoms with Crippen molar-refractivity contribution in [3.05, 3.63) is 22.1 Å². The van der Waals surface area contributed by atoms with Gasteiger partial charge >= 0.3 is 0 Å². The van der Waals surface area contributed by atoms with E-state index in [0.29, 0.717) is 0 Å². The minimum Gasteiger partial charge on any atom is -0.378 e. The van der Waals surface area contributed by atoms with Gasteiger partial charge in [0.25, 0.3) is 0 Å². The number of pyridine rings is 1. The fourth-order valence-electron chi connectivity index (χ4n) is 1.92. The van der Waals surface area contributed by atoms with Gasteiger partial charge in [0.1, 0.15) is 10.4 Å². The van der Waals surface area contributed by atoms with Gasteiger partial charge in [-0.25, -0.2) is 4.98 Å². The van der Waals surface area contributed by atoms with Gasteiger partial charge in [-0.15, -0.1) is 11.3 Å². The Balaban J connectivity index is 2.09. The van der Waals surface area contributed by atoms with Gasteiger partial charge in [-0.1, -0.05) is 0 Å². The third-order valence-electron chi connectivity index (χ3n) is 2.70. The maximum atomic E-state index is 5.37. The van der Waals surface area contributed by atoms with Crippen molar-refractivity contribution in [2.75, 3.05) is 31.2 Å². The molecule has 3 heterocycles. The standard InChI is InChI=1S/C11H11BrN2OS/c12-9-7-8-1-6-16-10(8)11(13-9)14-2-4-15-5-3-14/h1,6-7H,2-5H2. The van der Waals surface area contributed by atoms with Crippen molar-refractivity contribution in [3.63, 3.8) is 0 Å². The first-order chi connectivity index (χ1) is 7.84. The number of hydrogen-bond acceptors (Lipinski definition) is 4. The Morgan fingerprint density at radius 3 is 3.00 bits per heavy atom. The van der Waals surface area contributed by atoms with E-state index in [-0.39, 0.29) is 0 Å². The molecule has 1 aliphatic rings. The molecule has 16 heavy (non-hydrogen) atoms. The number of anilines is 1. The molecule has 1 fully saturated rings. The predicted molar refractivity (Wildman–Crippen MR) is 70.4 cm³/mol. The van der Waals surface area contributed by atoms with Gasteiger partial charge in [0.05, 0.1) is 17.9 Å². The summed E-state index contributed by atoms with van der Waals surface area (Å²) in [6.45, 7) is 3.44. The second-order valence-electron chi connectivity index (χ2n) is 3.71. The van der Waals surface area contributed by atoms with Crippen LogP contribution in [0.15, 0.2) is 22.1 Å². The minimum absolute atomic E-state index is 0.793. The third-order valence-corrected chi connectivity index (χ3v) is 4.03. The Labute approximate surface area is 106 Å².